The molecule has 0 spiro atoms. The summed E-state index contributed by atoms with van der Waals surface area (Å²) in [5.74, 6) is 0.547. The number of nitrogens with zero attached hydrogens (tertiary/aromatic N) is 2. The SMILES string of the molecule is COc1ccc(CN2C(=O)C(c3ccccc3OC)=C(N(C)c3ccccc3)C2=O)cc1. The molecule has 1 heterocycles. The molecular weight excluding hydrogens is 404 g/mol. The number of rotatable bonds is 7. The first-order chi connectivity index (χ1) is 15.5. The quantitative estimate of drug-likeness (QED) is 0.530. The standard InChI is InChI=1S/C26H24N2O4/c1-27(19-9-5-4-6-10-19)24-23(21-11-7-8-12-22(21)32-3)25(29)28(26(24)30)17-18-13-15-20(31-2)16-14-18/h4-16H,17H2,1-3H3. The van der Waals surface area contributed by atoms with Crippen LogP contribution in [0.1, 0.15) is 11.1 Å². The lowest BCUT2D eigenvalue weighted by Crippen LogP contribution is -2.33. The lowest BCUT2D eigenvalue weighted by Gasteiger charge is -2.21. The van der Waals surface area contributed by atoms with Gasteiger partial charge in [0.1, 0.15) is 17.2 Å². The molecule has 2 amide bonds. The molecule has 6 nitrogen and oxygen atoms in total. The number of hydrogen-bond acceptors (Lipinski definition) is 5. The predicted molar refractivity (Wildman–Crippen MR) is 123 cm³/mol. The van der Waals surface area contributed by atoms with Gasteiger partial charge in [0.05, 0.1) is 26.3 Å². The zero-order chi connectivity index (χ0) is 22.7. The molecule has 0 N–H and O–H groups in total. The van der Waals surface area contributed by atoms with Gasteiger partial charge in [-0.3, -0.25) is 14.5 Å². The Morgan fingerprint density at radius 1 is 0.781 bits per heavy atom. The van der Waals surface area contributed by atoms with E-state index in [1.165, 1.54) is 4.90 Å². The first-order valence-electron chi connectivity index (χ1n) is 10.2. The van der Waals surface area contributed by atoms with Crippen molar-refractivity contribution in [1.82, 2.24) is 4.90 Å². The first kappa shape index (κ1) is 21.2. The summed E-state index contributed by atoms with van der Waals surface area (Å²) in [6.45, 7) is 0.159. The number of imide groups is 1. The van der Waals surface area contributed by atoms with E-state index in [2.05, 4.69) is 0 Å². The lowest BCUT2D eigenvalue weighted by molar-refractivity contribution is -0.137. The smallest absolute Gasteiger partial charge is 0.278 e. The molecule has 0 saturated heterocycles. The highest BCUT2D eigenvalue weighted by Crippen LogP contribution is 2.37. The average molecular weight is 428 g/mol. The summed E-state index contributed by atoms with van der Waals surface area (Å²) in [7, 11) is 4.94. The van der Waals surface area contributed by atoms with Crippen molar-refractivity contribution in [2.45, 2.75) is 6.54 Å². The van der Waals surface area contributed by atoms with Gasteiger partial charge in [-0.1, -0.05) is 48.5 Å². The largest absolute Gasteiger partial charge is 0.497 e. The summed E-state index contributed by atoms with van der Waals surface area (Å²) in [5.41, 5.74) is 2.87. The molecule has 3 aromatic rings. The number of anilines is 1. The van der Waals surface area contributed by atoms with Crippen molar-refractivity contribution >= 4 is 23.1 Å². The molecule has 6 heteroatoms. The normalized spacial score (nSPS) is 13.5. The highest BCUT2D eigenvalue weighted by atomic mass is 16.5. The summed E-state index contributed by atoms with van der Waals surface area (Å²) in [6.07, 6.45) is 0. The fourth-order valence-corrected chi connectivity index (χ4v) is 3.81. The summed E-state index contributed by atoms with van der Waals surface area (Å²) in [4.78, 5) is 30.2. The van der Waals surface area contributed by atoms with E-state index < -0.39 is 0 Å². The van der Waals surface area contributed by atoms with Crippen LogP contribution in [0.15, 0.2) is 84.6 Å². The van der Waals surface area contributed by atoms with Crippen LogP contribution in [0, 0.1) is 0 Å². The second-order valence-electron chi connectivity index (χ2n) is 7.36. The molecule has 1 aliphatic heterocycles. The maximum absolute atomic E-state index is 13.6. The van der Waals surface area contributed by atoms with Gasteiger partial charge in [0.25, 0.3) is 11.8 Å². The predicted octanol–water partition coefficient (Wildman–Crippen LogP) is 4.12. The van der Waals surface area contributed by atoms with Crippen LogP contribution >= 0.6 is 0 Å². The van der Waals surface area contributed by atoms with Gasteiger partial charge in [-0.15, -0.1) is 0 Å². The van der Waals surface area contributed by atoms with Crippen LogP contribution in [0.4, 0.5) is 5.69 Å². The molecule has 0 fully saturated rings. The molecule has 162 valence electrons. The molecule has 0 aliphatic carbocycles. The minimum absolute atomic E-state index is 0.159. The Balaban J connectivity index is 1.79. The fourth-order valence-electron chi connectivity index (χ4n) is 3.81. The Hall–Kier alpha value is -4.06. The van der Waals surface area contributed by atoms with Gasteiger partial charge in [0.2, 0.25) is 0 Å². The van der Waals surface area contributed by atoms with Crippen LogP contribution in [-0.2, 0) is 16.1 Å². The molecule has 3 aromatic carbocycles. The lowest BCUT2D eigenvalue weighted by atomic mass is 10.0. The molecule has 4 rings (SSSR count). The summed E-state index contributed by atoms with van der Waals surface area (Å²) in [6, 6.07) is 24.1. The van der Waals surface area contributed by atoms with E-state index in [4.69, 9.17) is 9.47 Å². The van der Waals surface area contributed by atoms with Crippen LogP contribution in [-0.4, -0.2) is 38.0 Å². The van der Waals surface area contributed by atoms with Crippen molar-refractivity contribution in [2.75, 3.05) is 26.2 Å². The van der Waals surface area contributed by atoms with E-state index >= 15 is 0 Å². The van der Waals surface area contributed by atoms with Crippen LogP contribution in [0.25, 0.3) is 5.57 Å². The van der Waals surface area contributed by atoms with Gasteiger partial charge in [-0.25, -0.2) is 0 Å². The van der Waals surface area contributed by atoms with E-state index in [-0.39, 0.29) is 18.4 Å². The molecule has 0 aromatic heterocycles. The topological polar surface area (TPSA) is 59.1 Å². The monoisotopic (exact) mass is 428 g/mol. The maximum Gasteiger partial charge on any atom is 0.278 e. The fraction of sp³-hybridized carbons (Fsp3) is 0.154. The Kier molecular flexibility index (Phi) is 5.94. The van der Waals surface area contributed by atoms with Gasteiger partial charge in [-0.2, -0.15) is 0 Å². The molecule has 0 saturated carbocycles. The van der Waals surface area contributed by atoms with Gasteiger partial charge in [0, 0.05) is 18.3 Å². The van der Waals surface area contributed by atoms with Crippen molar-refractivity contribution in [3.05, 3.63) is 95.7 Å². The Labute approximate surface area is 187 Å². The van der Waals surface area contributed by atoms with E-state index in [1.54, 1.807) is 38.3 Å². The molecular formula is C26H24N2O4. The first-order valence-corrected chi connectivity index (χ1v) is 10.2. The second-order valence-corrected chi connectivity index (χ2v) is 7.36. The van der Waals surface area contributed by atoms with Crippen molar-refractivity contribution in [1.29, 1.82) is 0 Å². The Morgan fingerprint density at radius 2 is 1.44 bits per heavy atom. The van der Waals surface area contributed by atoms with Crippen LogP contribution in [0.5, 0.6) is 11.5 Å². The van der Waals surface area contributed by atoms with Crippen LogP contribution in [0.3, 0.4) is 0 Å². The zero-order valence-electron chi connectivity index (χ0n) is 18.2. The molecule has 32 heavy (non-hydrogen) atoms. The number of methoxy groups -OCH3 is 2. The summed E-state index contributed by atoms with van der Waals surface area (Å²) < 4.78 is 10.7. The number of likely N-dealkylation sites (N-methyl/N-ethyl adjacent to an activating group) is 1. The van der Waals surface area contributed by atoms with Gasteiger partial charge in [-0.05, 0) is 35.9 Å². The Morgan fingerprint density at radius 3 is 2.09 bits per heavy atom. The molecule has 0 atom stereocenters. The maximum atomic E-state index is 13.6. The molecule has 0 unspecified atom stereocenters. The summed E-state index contributed by atoms with van der Waals surface area (Å²) in [5, 5.41) is 0. The number of benzene rings is 3. The third-order valence-electron chi connectivity index (χ3n) is 5.50. The average Bonchev–Trinajstić information content (AvgIpc) is 3.09. The van der Waals surface area contributed by atoms with Gasteiger partial charge in [0.15, 0.2) is 0 Å². The van der Waals surface area contributed by atoms with Crippen molar-refractivity contribution in [2.24, 2.45) is 0 Å². The van der Waals surface area contributed by atoms with Gasteiger partial charge < -0.3 is 14.4 Å². The van der Waals surface area contributed by atoms with Crippen molar-refractivity contribution < 1.29 is 19.1 Å². The molecule has 0 radical (unpaired) electrons. The van der Waals surface area contributed by atoms with E-state index in [0.29, 0.717) is 28.3 Å². The number of hydrogen-bond donors (Lipinski definition) is 0. The third-order valence-corrected chi connectivity index (χ3v) is 5.50. The van der Waals surface area contributed by atoms with E-state index in [9.17, 15) is 9.59 Å². The van der Waals surface area contributed by atoms with E-state index in [0.717, 1.165) is 11.3 Å². The molecule has 0 bridgehead atoms. The minimum atomic E-state index is -0.354. The van der Waals surface area contributed by atoms with Crippen LogP contribution in [0.2, 0.25) is 0 Å². The minimum Gasteiger partial charge on any atom is -0.497 e. The second kappa shape index (κ2) is 8.98. The number of carbonyl (C=O) groups excluding carboxylic acids is 2. The van der Waals surface area contributed by atoms with Gasteiger partial charge >= 0.3 is 0 Å². The third kappa shape index (κ3) is 3.83. The summed E-state index contributed by atoms with van der Waals surface area (Å²) >= 11 is 0. The number of ether oxygens (including phenoxy) is 2. The highest BCUT2D eigenvalue weighted by Gasteiger charge is 2.42. The van der Waals surface area contributed by atoms with E-state index in [1.807, 2.05) is 66.7 Å². The number of amides is 2. The van der Waals surface area contributed by atoms with Crippen molar-refractivity contribution in [3.8, 4) is 11.5 Å². The van der Waals surface area contributed by atoms with Crippen LogP contribution < -0.4 is 14.4 Å². The Bertz CT molecular complexity index is 1170. The molecule has 1 aliphatic rings. The zero-order valence-corrected chi connectivity index (χ0v) is 18.2. The number of carbonyl (C=O) groups is 2. The highest BCUT2D eigenvalue weighted by molar-refractivity contribution is 6.37. The van der Waals surface area contributed by atoms with Crippen molar-refractivity contribution in [3.63, 3.8) is 0 Å². The number of para-hydroxylation sites is 2.